The maximum Gasteiger partial charge on any atom is 0.410 e. The Labute approximate surface area is 429 Å². The highest BCUT2D eigenvalue weighted by Gasteiger charge is 2.26. The predicted molar refractivity (Wildman–Crippen MR) is 275 cm³/mol. The summed E-state index contributed by atoms with van der Waals surface area (Å²) < 4.78 is 38.3. The quantitative estimate of drug-likeness (QED) is 0.0317. The maximum absolute atomic E-state index is 13.2. The highest BCUT2D eigenvalue weighted by molar-refractivity contribution is 5.77. The number of carbonyl (C=O) groups is 7. The number of hydrogen-bond donors (Lipinski definition) is 0. The van der Waals surface area contributed by atoms with E-state index in [1.165, 1.54) is 30.6 Å². The van der Waals surface area contributed by atoms with Gasteiger partial charge in [0.15, 0.2) is 0 Å². The summed E-state index contributed by atoms with van der Waals surface area (Å²) in [5.74, 6) is -4.76. The molecule has 0 aromatic heterocycles. The number of nitrogens with zero attached hydrogens (tertiary/aromatic N) is 2. The second-order valence-electron chi connectivity index (χ2n) is 19.3. The highest BCUT2D eigenvalue weighted by atomic mass is 16.6. The van der Waals surface area contributed by atoms with Gasteiger partial charge in [-0.3, -0.25) is 28.8 Å². The van der Waals surface area contributed by atoms with Gasteiger partial charge in [-0.1, -0.05) is 156 Å². The lowest BCUT2D eigenvalue weighted by atomic mass is 9.97. The van der Waals surface area contributed by atoms with Crippen molar-refractivity contribution in [1.82, 2.24) is 9.80 Å². The first-order valence-corrected chi connectivity index (χ1v) is 27.8. The zero-order valence-electron chi connectivity index (χ0n) is 45.5. The number of ether oxygens (including phenoxy) is 7. The van der Waals surface area contributed by atoms with Crippen LogP contribution in [0.2, 0.25) is 0 Å². The van der Waals surface area contributed by atoms with E-state index in [1.807, 2.05) is 19.0 Å². The van der Waals surface area contributed by atoms with E-state index in [1.54, 1.807) is 0 Å². The molecule has 414 valence electrons. The van der Waals surface area contributed by atoms with Gasteiger partial charge in [-0.15, -0.1) is 0 Å². The standard InChI is InChI=1S/C55H100N2O14/c1-7-11-15-19-23-27-34-65-49(58)41-47(42-50(59)66-35-28-24-20-16-12-8-2)45-53(62)69-39-32-57(55(64)71-38-31-56(5)6)33-40-70-54(63)46-48(43-51(60)67-36-29-25-21-17-13-9-3)44-52(61)68-37-30-26-22-18-14-10-4/h47-48H,7-46H2,1-6H3. The molecular weight excluding hydrogens is 913 g/mol. The van der Waals surface area contributed by atoms with Crippen molar-refractivity contribution >= 4 is 41.9 Å². The van der Waals surface area contributed by atoms with E-state index in [-0.39, 0.29) is 97.9 Å². The Hall–Kier alpha value is -3.95. The fourth-order valence-electron chi connectivity index (χ4n) is 7.71. The molecule has 16 nitrogen and oxygen atoms in total. The monoisotopic (exact) mass is 1010 g/mol. The number of amides is 1. The molecule has 0 spiro atoms. The van der Waals surface area contributed by atoms with E-state index in [4.69, 9.17) is 33.2 Å². The lowest BCUT2D eigenvalue weighted by Gasteiger charge is -2.23. The molecule has 0 heterocycles. The van der Waals surface area contributed by atoms with Crippen molar-refractivity contribution in [2.75, 3.05) is 80.0 Å². The van der Waals surface area contributed by atoms with Gasteiger partial charge in [-0.25, -0.2) is 4.79 Å². The van der Waals surface area contributed by atoms with Gasteiger partial charge in [-0.2, -0.15) is 0 Å². The van der Waals surface area contributed by atoms with Crippen LogP contribution in [0.1, 0.15) is 220 Å². The molecule has 0 N–H and O–H groups in total. The Balaban J connectivity index is 5.55. The van der Waals surface area contributed by atoms with Crippen LogP contribution in [-0.4, -0.2) is 132 Å². The van der Waals surface area contributed by atoms with Gasteiger partial charge in [0, 0.05) is 45.1 Å². The SMILES string of the molecule is CCCCCCCCOC(=O)CC(CC(=O)OCCCCCCCC)CC(=O)OCCN(CCOC(=O)CC(CC(=O)OCCCCCCCC)CC(=O)OCCCCCCCC)C(=O)OCCN(C)C. The fraction of sp³-hybridized carbons (Fsp3) is 0.873. The van der Waals surface area contributed by atoms with Crippen LogP contribution in [-0.2, 0) is 61.9 Å². The third-order valence-electron chi connectivity index (χ3n) is 12.0. The summed E-state index contributed by atoms with van der Waals surface area (Å²) >= 11 is 0. The molecule has 0 saturated heterocycles. The van der Waals surface area contributed by atoms with Crippen molar-refractivity contribution in [3.8, 4) is 0 Å². The third-order valence-corrected chi connectivity index (χ3v) is 12.0. The Morgan fingerprint density at radius 1 is 0.296 bits per heavy atom. The molecule has 0 rings (SSSR count). The molecule has 1 amide bonds. The summed E-state index contributed by atoms with van der Waals surface area (Å²) in [5, 5.41) is 0. The zero-order valence-corrected chi connectivity index (χ0v) is 45.5. The topological polar surface area (TPSA) is 191 Å². The minimum absolute atomic E-state index is 0.0824. The molecule has 16 heteroatoms. The van der Waals surface area contributed by atoms with Gasteiger partial charge >= 0.3 is 41.9 Å². The van der Waals surface area contributed by atoms with Crippen LogP contribution in [0.25, 0.3) is 0 Å². The summed E-state index contributed by atoms with van der Waals surface area (Å²) in [6.07, 6.45) is 23.0. The van der Waals surface area contributed by atoms with Crippen molar-refractivity contribution in [2.24, 2.45) is 11.8 Å². The summed E-state index contributed by atoms with van der Waals surface area (Å²) in [6.45, 7) is 9.53. The first-order valence-electron chi connectivity index (χ1n) is 27.8. The lowest BCUT2D eigenvalue weighted by molar-refractivity contribution is -0.152. The van der Waals surface area contributed by atoms with Crippen molar-refractivity contribution in [3.63, 3.8) is 0 Å². The smallest absolute Gasteiger partial charge is 0.410 e. The lowest BCUT2D eigenvalue weighted by Crippen LogP contribution is -2.38. The molecular formula is C55H100N2O14. The molecule has 0 fully saturated rings. The number of carbonyl (C=O) groups excluding carboxylic acids is 7. The minimum Gasteiger partial charge on any atom is -0.466 e. The van der Waals surface area contributed by atoms with Gasteiger partial charge < -0.3 is 43.0 Å². The fourth-order valence-corrected chi connectivity index (χ4v) is 7.71. The first kappa shape index (κ1) is 67.0. The van der Waals surface area contributed by atoms with Gasteiger partial charge in [0.25, 0.3) is 0 Å². The minimum atomic E-state index is -0.712. The van der Waals surface area contributed by atoms with E-state index in [9.17, 15) is 33.6 Å². The largest absolute Gasteiger partial charge is 0.466 e. The van der Waals surface area contributed by atoms with E-state index >= 15 is 0 Å². The normalized spacial score (nSPS) is 11.2. The molecule has 0 unspecified atom stereocenters. The maximum atomic E-state index is 13.2. The van der Waals surface area contributed by atoms with Gasteiger partial charge in [0.1, 0.15) is 19.8 Å². The third kappa shape index (κ3) is 44.5. The number of unbranched alkanes of at least 4 members (excludes halogenated alkanes) is 20. The summed E-state index contributed by atoms with van der Waals surface area (Å²) in [4.78, 5) is 94.1. The zero-order chi connectivity index (χ0) is 52.6. The van der Waals surface area contributed by atoms with Crippen molar-refractivity contribution in [2.45, 2.75) is 220 Å². The number of hydrogen-bond acceptors (Lipinski definition) is 15. The molecule has 71 heavy (non-hydrogen) atoms. The highest BCUT2D eigenvalue weighted by Crippen LogP contribution is 2.20. The first-order chi connectivity index (χ1) is 34.3. The number of likely N-dealkylation sites (N-methyl/N-ethyl adjacent to an activating group) is 1. The van der Waals surface area contributed by atoms with E-state index in [2.05, 4.69) is 27.7 Å². The van der Waals surface area contributed by atoms with Crippen LogP contribution in [0.4, 0.5) is 4.79 Å². The van der Waals surface area contributed by atoms with Crippen LogP contribution in [0.15, 0.2) is 0 Å². The van der Waals surface area contributed by atoms with Crippen LogP contribution in [0.5, 0.6) is 0 Å². The predicted octanol–water partition coefficient (Wildman–Crippen LogP) is 11.3. The Morgan fingerprint density at radius 2 is 0.521 bits per heavy atom. The average molecular weight is 1010 g/mol. The molecule has 0 aliphatic heterocycles. The summed E-state index contributed by atoms with van der Waals surface area (Å²) in [7, 11) is 3.67. The molecule has 0 bridgehead atoms. The van der Waals surface area contributed by atoms with E-state index < -0.39 is 53.7 Å². The molecule has 0 saturated carbocycles. The molecule has 0 aromatic carbocycles. The van der Waals surface area contributed by atoms with Crippen molar-refractivity contribution in [3.05, 3.63) is 0 Å². The molecule has 0 atom stereocenters. The Bertz CT molecular complexity index is 1230. The van der Waals surface area contributed by atoms with Gasteiger partial charge in [-0.05, 0) is 51.6 Å². The Kier molecular flexibility index (Phi) is 45.6. The second kappa shape index (κ2) is 48.3. The molecule has 0 radical (unpaired) electrons. The van der Waals surface area contributed by atoms with Gasteiger partial charge in [0.2, 0.25) is 0 Å². The summed E-state index contributed by atoms with van der Waals surface area (Å²) in [5.41, 5.74) is 0. The molecule has 0 aliphatic rings. The average Bonchev–Trinajstić information content (AvgIpc) is 3.32. The van der Waals surface area contributed by atoms with Crippen molar-refractivity contribution < 1.29 is 66.7 Å². The van der Waals surface area contributed by atoms with Gasteiger partial charge in [0.05, 0.1) is 39.5 Å². The Morgan fingerprint density at radius 3 is 0.775 bits per heavy atom. The molecule has 0 aliphatic carbocycles. The van der Waals surface area contributed by atoms with Crippen LogP contribution in [0.3, 0.4) is 0 Å². The van der Waals surface area contributed by atoms with E-state index in [0.717, 1.165) is 128 Å². The van der Waals surface area contributed by atoms with Crippen LogP contribution in [0, 0.1) is 11.8 Å². The molecule has 0 aromatic rings. The number of esters is 6. The van der Waals surface area contributed by atoms with Crippen LogP contribution >= 0.6 is 0 Å². The second-order valence-corrected chi connectivity index (χ2v) is 19.3. The summed E-state index contributed by atoms with van der Waals surface area (Å²) in [6, 6.07) is 0. The van der Waals surface area contributed by atoms with Crippen LogP contribution < -0.4 is 0 Å². The number of rotatable bonds is 49. The van der Waals surface area contributed by atoms with E-state index in [0.29, 0.717) is 6.54 Å². The van der Waals surface area contributed by atoms with Crippen molar-refractivity contribution in [1.29, 1.82) is 0 Å².